The van der Waals surface area contributed by atoms with Crippen molar-refractivity contribution in [2.24, 2.45) is 0 Å². The summed E-state index contributed by atoms with van der Waals surface area (Å²) in [5.41, 5.74) is -0.129. The third-order valence-electron chi connectivity index (χ3n) is 1.46. The maximum atomic E-state index is 12.9. The standard InChI is InChI=1S/C8H8F2O3S/c1-14(11,12)13-5-6-3-2-4-7(9)8(6)10/h2-4H,5H2,1H3. The Kier molecular flexibility index (Phi) is 3.17. The van der Waals surface area contributed by atoms with Crippen LogP contribution in [0.5, 0.6) is 0 Å². The van der Waals surface area contributed by atoms with Gasteiger partial charge in [-0.05, 0) is 6.07 Å². The van der Waals surface area contributed by atoms with Crippen LogP contribution in [0.1, 0.15) is 5.56 Å². The van der Waals surface area contributed by atoms with Gasteiger partial charge in [-0.1, -0.05) is 12.1 Å². The highest BCUT2D eigenvalue weighted by atomic mass is 32.2. The molecule has 0 aliphatic rings. The molecule has 1 aromatic carbocycles. The molecule has 0 aliphatic heterocycles. The molecule has 6 heteroatoms. The van der Waals surface area contributed by atoms with Crippen LogP contribution in [0.3, 0.4) is 0 Å². The highest BCUT2D eigenvalue weighted by molar-refractivity contribution is 7.85. The highest BCUT2D eigenvalue weighted by Crippen LogP contribution is 2.12. The summed E-state index contributed by atoms with van der Waals surface area (Å²) in [5, 5.41) is 0. The molecule has 0 saturated carbocycles. The Balaban J connectivity index is 2.83. The van der Waals surface area contributed by atoms with E-state index in [1.807, 2.05) is 0 Å². The van der Waals surface area contributed by atoms with E-state index in [2.05, 4.69) is 4.18 Å². The van der Waals surface area contributed by atoms with E-state index in [0.717, 1.165) is 12.3 Å². The average molecular weight is 222 g/mol. The lowest BCUT2D eigenvalue weighted by Gasteiger charge is -2.03. The summed E-state index contributed by atoms with van der Waals surface area (Å²) in [6.45, 7) is -0.498. The van der Waals surface area contributed by atoms with E-state index in [1.54, 1.807) is 0 Å². The third-order valence-corrected chi connectivity index (χ3v) is 2.01. The molecule has 0 saturated heterocycles. The smallest absolute Gasteiger partial charge is 0.264 e. The number of hydrogen-bond acceptors (Lipinski definition) is 3. The van der Waals surface area contributed by atoms with Crippen molar-refractivity contribution >= 4 is 10.1 Å². The zero-order chi connectivity index (χ0) is 10.8. The van der Waals surface area contributed by atoms with Crippen molar-refractivity contribution in [2.75, 3.05) is 6.26 Å². The number of benzene rings is 1. The van der Waals surface area contributed by atoms with Crippen molar-refractivity contribution in [1.82, 2.24) is 0 Å². The Hall–Kier alpha value is -1.01. The number of rotatable bonds is 3. The lowest BCUT2D eigenvalue weighted by molar-refractivity contribution is 0.303. The van der Waals surface area contributed by atoms with Crippen LogP contribution in [0.4, 0.5) is 8.78 Å². The Morgan fingerprint density at radius 3 is 2.57 bits per heavy atom. The Bertz CT molecular complexity index is 428. The Labute approximate surface area is 80.4 Å². The minimum Gasteiger partial charge on any atom is -0.265 e. The molecule has 0 radical (unpaired) electrons. The first kappa shape index (κ1) is 11.1. The molecule has 0 spiro atoms. The van der Waals surface area contributed by atoms with Crippen LogP contribution in [0, 0.1) is 11.6 Å². The molecule has 0 atom stereocenters. The molecule has 0 amide bonds. The summed E-state index contributed by atoms with van der Waals surface area (Å²) in [6, 6.07) is 3.47. The van der Waals surface area contributed by atoms with Gasteiger partial charge in [0.2, 0.25) is 0 Å². The molecule has 0 fully saturated rings. The van der Waals surface area contributed by atoms with Gasteiger partial charge >= 0.3 is 0 Å². The molecule has 1 aromatic rings. The van der Waals surface area contributed by atoms with Gasteiger partial charge in [0.05, 0.1) is 12.9 Å². The van der Waals surface area contributed by atoms with Crippen molar-refractivity contribution in [3.05, 3.63) is 35.4 Å². The van der Waals surface area contributed by atoms with Gasteiger partial charge in [0.15, 0.2) is 11.6 Å². The van der Waals surface area contributed by atoms with Crippen molar-refractivity contribution < 1.29 is 21.4 Å². The highest BCUT2D eigenvalue weighted by Gasteiger charge is 2.10. The lowest BCUT2D eigenvalue weighted by atomic mass is 10.2. The summed E-state index contributed by atoms with van der Waals surface area (Å²) < 4.78 is 51.0. The molecule has 3 nitrogen and oxygen atoms in total. The van der Waals surface area contributed by atoms with Gasteiger partial charge in [0.25, 0.3) is 10.1 Å². The van der Waals surface area contributed by atoms with Crippen LogP contribution in [0.25, 0.3) is 0 Å². The van der Waals surface area contributed by atoms with Gasteiger partial charge in [-0.15, -0.1) is 0 Å². The van der Waals surface area contributed by atoms with Crippen molar-refractivity contribution in [3.8, 4) is 0 Å². The first-order chi connectivity index (χ1) is 6.40. The molecule has 78 valence electrons. The van der Waals surface area contributed by atoms with Crippen molar-refractivity contribution in [2.45, 2.75) is 6.61 Å². The van der Waals surface area contributed by atoms with Gasteiger partial charge in [-0.3, -0.25) is 4.18 Å². The molecule has 1 rings (SSSR count). The maximum absolute atomic E-state index is 12.9. The summed E-state index contributed by atoms with van der Waals surface area (Å²) in [4.78, 5) is 0. The maximum Gasteiger partial charge on any atom is 0.264 e. The fraction of sp³-hybridized carbons (Fsp3) is 0.250. The molecule has 0 heterocycles. The first-order valence-electron chi connectivity index (χ1n) is 3.67. The molecule has 0 N–H and O–H groups in total. The largest absolute Gasteiger partial charge is 0.265 e. The molecular weight excluding hydrogens is 214 g/mol. The second-order valence-electron chi connectivity index (χ2n) is 2.68. The van der Waals surface area contributed by atoms with Crippen LogP contribution in [0.15, 0.2) is 18.2 Å². The monoisotopic (exact) mass is 222 g/mol. The topological polar surface area (TPSA) is 43.4 Å². The Morgan fingerprint density at radius 1 is 1.36 bits per heavy atom. The third kappa shape index (κ3) is 3.04. The van der Waals surface area contributed by atoms with Gasteiger partial charge < -0.3 is 0 Å². The van der Waals surface area contributed by atoms with Crippen LogP contribution >= 0.6 is 0 Å². The zero-order valence-corrected chi connectivity index (χ0v) is 8.14. The van der Waals surface area contributed by atoms with E-state index in [4.69, 9.17) is 0 Å². The normalized spacial score (nSPS) is 11.6. The summed E-state index contributed by atoms with van der Waals surface area (Å²) in [6.07, 6.45) is 0.838. The lowest BCUT2D eigenvalue weighted by Crippen LogP contribution is -2.04. The van der Waals surface area contributed by atoms with Crippen molar-refractivity contribution in [1.29, 1.82) is 0 Å². The van der Waals surface area contributed by atoms with Crippen LogP contribution in [-0.2, 0) is 20.9 Å². The molecule has 0 unspecified atom stereocenters. The predicted molar refractivity (Wildman–Crippen MR) is 46.0 cm³/mol. The molecule has 0 bridgehead atoms. The summed E-state index contributed by atoms with van der Waals surface area (Å²) in [5.74, 6) is -2.12. The fourth-order valence-corrected chi connectivity index (χ4v) is 1.17. The number of halogens is 2. The van der Waals surface area contributed by atoms with E-state index in [9.17, 15) is 17.2 Å². The minimum atomic E-state index is -3.64. The molecule has 0 aromatic heterocycles. The van der Waals surface area contributed by atoms with Gasteiger partial charge in [0, 0.05) is 5.56 Å². The van der Waals surface area contributed by atoms with Crippen LogP contribution in [-0.4, -0.2) is 14.7 Å². The van der Waals surface area contributed by atoms with E-state index in [1.165, 1.54) is 12.1 Å². The SMILES string of the molecule is CS(=O)(=O)OCc1cccc(F)c1F. The van der Waals surface area contributed by atoms with Crippen molar-refractivity contribution in [3.63, 3.8) is 0 Å². The second-order valence-corrected chi connectivity index (χ2v) is 4.32. The summed E-state index contributed by atoms with van der Waals surface area (Å²) >= 11 is 0. The molecule has 0 aliphatic carbocycles. The summed E-state index contributed by atoms with van der Waals surface area (Å²) in [7, 11) is -3.64. The van der Waals surface area contributed by atoms with Gasteiger partial charge in [-0.2, -0.15) is 8.42 Å². The second kappa shape index (κ2) is 4.02. The quantitative estimate of drug-likeness (QED) is 0.727. The van der Waals surface area contributed by atoms with E-state index < -0.39 is 28.4 Å². The Morgan fingerprint density at radius 2 is 2.00 bits per heavy atom. The van der Waals surface area contributed by atoms with Crippen LogP contribution in [0.2, 0.25) is 0 Å². The molecular formula is C8H8F2O3S. The van der Waals surface area contributed by atoms with Gasteiger partial charge in [-0.25, -0.2) is 8.78 Å². The van der Waals surface area contributed by atoms with E-state index in [-0.39, 0.29) is 5.56 Å². The minimum absolute atomic E-state index is 0.129. The zero-order valence-electron chi connectivity index (χ0n) is 7.33. The van der Waals surface area contributed by atoms with Crippen LogP contribution < -0.4 is 0 Å². The van der Waals surface area contributed by atoms with E-state index in [0.29, 0.717) is 0 Å². The first-order valence-corrected chi connectivity index (χ1v) is 5.49. The van der Waals surface area contributed by atoms with Gasteiger partial charge in [0.1, 0.15) is 0 Å². The average Bonchev–Trinajstić information content (AvgIpc) is 2.06. The number of hydrogen-bond donors (Lipinski definition) is 0. The molecule has 14 heavy (non-hydrogen) atoms. The van der Waals surface area contributed by atoms with E-state index >= 15 is 0 Å². The fourth-order valence-electron chi connectivity index (χ4n) is 0.830. The predicted octanol–water partition coefficient (Wildman–Crippen LogP) is 1.44.